The number of ether oxygens (including phenoxy) is 1. The van der Waals surface area contributed by atoms with Gasteiger partial charge in [0, 0.05) is 6.07 Å². The predicted molar refractivity (Wildman–Crippen MR) is 69.1 cm³/mol. The number of pyridine rings is 1. The van der Waals surface area contributed by atoms with Gasteiger partial charge in [-0.3, -0.25) is 10.1 Å². The first kappa shape index (κ1) is 13.5. The highest BCUT2D eigenvalue weighted by Gasteiger charge is 2.19. The van der Waals surface area contributed by atoms with E-state index in [9.17, 15) is 14.9 Å². The minimum atomic E-state index is -1.34. The number of carbonyl (C=O) groups is 1. The minimum absolute atomic E-state index is 0.188. The van der Waals surface area contributed by atoms with E-state index in [1.165, 1.54) is 0 Å². The van der Waals surface area contributed by atoms with E-state index in [-0.39, 0.29) is 11.4 Å². The first-order chi connectivity index (χ1) is 9.47. The van der Waals surface area contributed by atoms with Crippen LogP contribution in [0.5, 0.6) is 11.6 Å². The van der Waals surface area contributed by atoms with Crippen LogP contribution in [0.2, 0.25) is 0 Å². The van der Waals surface area contributed by atoms with Gasteiger partial charge < -0.3 is 9.84 Å². The van der Waals surface area contributed by atoms with Gasteiger partial charge in [-0.1, -0.05) is 17.7 Å². The Labute approximate surface area is 113 Å². The maximum atomic E-state index is 11.1. The molecule has 2 rings (SSSR count). The van der Waals surface area contributed by atoms with Crippen molar-refractivity contribution >= 4 is 11.7 Å². The Balaban J connectivity index is 2.38. The molecular weight excluding hydrogens is 264 g/mol. The lowest BCUT2D eigenvalue weighted by molar-refractivity contribution is -0.385. The number of carboxylic acids is 1. The SMILES string of the molecule is Cc1ccc(Oc2ncc([N+](=O)[O-])cc2C(=O)O)cc1. The van der Waals surface area contributed by atoms with E-state index in [0.29, 0.717) is 5.75 Å². The molecule has 0 saturated heterocycles. The highest BCUT2D eigenvalue weighted by atomic mass is 16.6. The van der Waals surface area contributed by atoms with Gasteiger partial charge in [0.25, 0.3) is 5.69 Å². The van der Waals surface area contributed by atoms with Crippen LogP contribution in [0, 0.1) is 17.0 Å². The molecule has 0 unspecified atom stereocenters. The lowest BCUT2D eigenvalue weighted by Crippen LogP contribution is -2.03. The molecule has 0 bridgehead atoms. The quantitative estimate of drug-likeness (QED) is 0.679. The van der Waals surface area contributed by atoms with E-state index in [0.717, 1.165) is 17.8 Å². The summed E-state index contributed by atoms with van der Waals surface area (Å²) in [6.07, 6.45) is 0.954. The average Bonchev–Trinajstić information content (AvgIpc) is 2.41. The van der Waals surface area contributed by atoms with Gasteiger partial charge >= 0.3 is 5.97 Å². The molecule has 102 valence electrons. The van der Waals surface area contributed by atoms with Crippen LogP contribution in [0.15, 0.2) is 36.5 Å². The molecular formula is C13H10N2O5. The summed E-state index contributed by atoms with van der Waals surface area (Å²) in [7, 11) is 0. The van der Waals surface area contributed by atoms with Crippen molar-refractivity contribution in [2.75, 3.05) is 0 Å². The fourth-order valence-corrected chi connectivity index (χ4v) is 1.49. The van der Waals surface area contributed by atoms with Crippen molar-refractivity contribution < 1.29 is 19.6 Å². The fourth-order valence-electron chi connectivity index (χ4n) is 1.49. The molecule has 0 atom stereocenters. The van der Waals surface area contributed by atoms with Gasteiger partial charge in [0.2, 0.25) is 5.88 Å². The molecule has 7 nitrogen and oxygen atoms in total. The molecule has 1 aromatic heterocycles. The van der Waals surface area contributed by atoms with Crippen LogP contribution in [0.1, 0.15) is 15.9 Å². The van der Waals surface area contributed by atoms with Crippen molar-refractivity contribution in [3.05, 3.63) is 57.8 Å². The number of benzene rings is 1. The molecule has 0 radical (unpaired) electrons. The Kier molecular flexibility index (Phi) is 3.60. The Hall–Kier alpha value is -2.96. The number of nitrogens with zero attached hydrogens (tertiary/aromatic N) is 2. The molecule has 1 aromatic carbocycles. The monoisotopic (exact) mass is 274 g/mol. The summed E-state index contributed by atoms with van der Waals surface area (Å²) in [6.45, 7) is 1.90. The summed E-state index contributed by atoms with van der Waals surface area (Å²) in [5, 5.41) is 19.7. The molecule has 0 amide bonds. The molecule has 0 saturated carbocycles. The summed E-state index contributed by atoms with van der Waals surface area (Å²) in [6, 6.07) is 7.81. The lowest BCUT2D eigenvalue weighted by Gasteiger charge is -2.07. The van der Waals surface area contributed by atoms with Crippen LogP contribution >= 0.6 is 0 Å². The highest BCUT2D eigenvalue weighted by Crippen LogP contribution is 2.26. The Morgan fingerprint density at radius 2 is 2.00 bits per heavy atom. The Bertz CT molecular complexity index is 667. The van der Waals surface area contributed by atoms with Gasteiger partial charge in [0.1, 0.15) is 17.5 Å². The molecule has 1 heterocycles. The molecule has 20 heavy (non-hydrogen) atoms. The van der Waals surface area contributed by atoms with Crippen molar-refractivity contribution in [1.82, 2.24) is 4.98 Å². The van der Waals surface area contributed by atoms with E-state index in [4.69, 9.17) is 9.84 Å². The minimum Gasteiger partial charge on any atom is -0.477 e. The van der Waals surface area contributed by atoms with Crippen LogP contribution in [0.25, 0.3) is 0 Å². The van der Waals surface area contributed by atoms with Crippen LogP contribution in [-0.2, 0) is 0 Å². The third-order valence-corrected chi connectivity index (χ3v) is 2.51. The summed E-state index contributed by atoms with van der Waals surface area (Å²) < 4.78 is 5.35. The van der Waals surface area contributed by atoms with Gasteiger partial charge in [-0.25, -0.2) is 9.78 Å². The van der Waals surface area contributed by atoms with Gasteiger partial charge in [0.15, 0.2) is 0 Å². The van der Waals surface area contributed by atoms with Gasteiger partial charge in [-0.2, -0.15) is 0 Å². The van der Waals surface area contributed by atoms with Gasteiger partial charge in [-0.15, -0.1) is 0 Å². The number of aromatic carboxylic acids is 1. The zero-order valence-corrected chi connectivity index (χ0v) is 10.4. The highest BCUT2D eigenvalue weighted by molar-refractivity contribution is 5.91. The van der Waals surface area contributed by atoms with E-state index in [1.54, 1.807) is 24.3 Å². The van der Waals surface area contributed by atoms with Crippen molar-refractivity contribution in [2.45, 2.75) is 6.92 Å². The third-order valence-electron chi connectivity index (χ3n) is 2.51. The number of rotatable bonds is 4. The van der Waals surface area contributed by atoms with Crippen molar-refractivity contribution in [3.8, 4) is 11.6 Å². The number of aromatic nitrogens is 1. The zero-order valence-electron chi connectivity index (χ0n) is 10.4. The van der Waals surface area contributed by atoms with E-state index < -0.39 is 16.6 Å². The second-order valence-corrected chi connectivity index (χ2v) is 4.02. The van der Waals surface area contributed by atoms with Crippen LogP contribution in [0.4, 0.5) is 5.69 Å². The van der Waals surface area contributed by atoms with Crippen LogP contribution in [0.3, 0.4) is 0 Å². The maximum Gasteiger partial charge on any atom is 0.341 e. The molecule has 0 aliphatic rings. The van der Waals surface area contributed by atoms with E-state index >= 15 is 0 Å². The summed E-state index contributed by atoms with van der Waals surface area (Å²) in [4.78, 5) is 24.7. The van der Waals surface area contributed by atoms with E-state index in [2.05, 4.69) is 4.98 Å². The Morgan fingerprint density at radius 3 is 2.55 bits per heavy atom. The van der Waals surface area contributed by atoms with E-state index in [1.807, 2.05) is 6.92 Å². The topological polar surface area (TPSA) is 103 Å². The second kappa shape index (κ2) is 5.35. The predicted octanol–water partition coefficient (Wildman–Crippen LogP) is 2.79. The second-order valence-electron chi connectivity index (χ2n) is 4.02. The summed E-state index contributed by atoms with van der Waals surface area (Å²) in [5.74, 6) is -1.13. The fraction of sp³-hybridized carbons (Fsp3) is 0.0769. The normalized spacial score (nSPS) is 10.1. The lowest BCUT2D eigenvalue weighted by atomic mass is 10.2. The van der Waals surface area contributed by atoms with Gasteiger partial charge in [-0.05, 0) is 19.1 Å². The van der Waals surface area contributed by atoms with Crippen molar-refractivity contribution in [2.24, 2.45) is 0 Å². The number of nitro groups is 1. The van der Waals surface area contributed by atoms with Crippen molar-refractivity contribution in [3.63, 3.8) is 0 Å². The largest absolute Gasteiger partial charge is 0.477 e. The van der Waals surface area contributed by atoms with Gasteiger partial charge in [0.05, 0.1) is 4.92 Å². The molecule has 0 fully saturated rings. The van der Waals surface area contributed by atoms with Crippen LogP contribution in [-0.4, -0.2) is 21.0 Å². The third kappa shape index (κ3) is 2.89. The molecule has 0 aliphatic heterocycles. The van der Waals surface area contributed by atoms with Crippen molar-refractivity contribution in [1.29, 1.82) is 0 Å². The Morgan fingerprint density at radius 1 is 1.35 bits per heavy atom. The first-order valence-electron chi connectivity index (χ1n) is 5.59. The first-order valence-corrected chi connectivity index (χ1v) is 5.59. The number of carboxylic acid groups (broad SMARTS) is 1. The molecule has 0 aliphatic carbocycles. The van der Waals surface area contributed by atoms with Crippen LogP contribution < -0.4 is 4.74 Å². The smallest absolute Gasteiger partial charge is 0.341 e. The average molecular weight is 274 g/mol. The molecule has 1 N–H and O–H groups in total. The maximum absolute atomic E-state index is 11.1. The molecule has 2 aromatic rings. The molecule has 7 heteroatoms. The standard InChI is InChI=1S/C13H10N2O5/c1-8-2-4-10(5-3-8)20-12-11(13(16)17)6-9(7-14-12)15(18)19/h2-7H,1H3,(H,16,17). The number of hydrogen-bond donors (Lipinski definition) is 1. The zero-order chi connectivity index (χ0) is 14.7. The number of aryl methyl sites for hydroxylation is 1. The summed E-state index contributed by atoms with van der Waals surface area (Å²) in [5.41, 5.74) is 0.255. The summed E-state index contributed by atoms with van der Waals surface area (Å²) >= 11 is 0. The molecule has 0 spiro atoms. The number of hydrogen-bond acceptors (Lipinski definition) is 5.